The van der Waals surface area contributed by atoms with Gasteiger partial charge in [-0.15, -0.1) is 0 Å². The third kappa shape index (κ3) is 5.59. The zero-order valence-corrected chi connectivity index (χ0v) is 23.3. The van der Waals surface area contributed by atoms with E-state index >= 15 is 0 Å². The Labute approximate surface area is 234 Å². The fraction of sp³-hybridized carbons (Fsp3) is 0.273. The number of ether oxygens (including phenoxy) is 1. The molecule has 0 spiro atoms. The van der Waals surface area contributed by atoms with E-state index in [1.54, 1.807) is 30.3 Å². The van der Waals surface area contributed by atoms with Crippen LogP contribution in [0.2, 0.25) is 0 Å². The van der Waals surface area contributed by atoms with Gasteiger partial charge in [0.05, 0.1) is 22.4 Å². The van der Waals surface area contributed by atoms with Crippen LogP contribution < -0.4 is 0 Å². The van der Waals surface area contributed by atoms with Gasteiger partial charge in [-0.25, -0.2) is 9.78 Å². The number of nitrogens with one attached hydrogen (secondary N) is 1. The lowest BCUT2D eigenvalue weighted by molar-refractivity contribution is 0.00701. The molecule has 0 fully saturated rings. The Hall–Kier alpha value is -4.52. The standard InChI is InChI=1S/C33H33N3O4/c1-5-29-34-27(18-19-36-30(37)24-11-7-8-12-25(24)31(36)38)28(35-29)20-21-14-16-22(17-15-21)23-10-6-9-13-26(23)32(39)40-33(2,3)4/h6-17H,5,18-20H2,1-4H3,(H,34,35). The van der Waals surface area contributed by atoms with Crippen molar-refractivity contribution in [2.45, 2.75) is 52.6 Å². The van der Waals surface area contributed by atoms with Crippen LogP contribution in [0, 0.1) is 0 Å². The average Bonchev–Trinajstić information content (AvgIpc) is 3.44. The SMILES string of the molecule is CCc1nc(CCN2C(=O)c3ccccc3C2=O)c(Cc2ccc(-c3ccccc3C(=O)OC(C)(C)C)cc2)[nH]1. The molecule has 1 aromatic heterocycles. The molecule has 1 aliphatic rings. The van der Waals surface area contributed by atoms with E-state index in [4.69, 9.17) is 9.72 Å². The molecule has 3 aromatic carbocycles. The Balaban J connectivity index is 1.32. The fourth-order valence-electron chi connectivity index (χ4n) is 4.94. The topological polar surface area (TPSA) is 92.4 Å². The molecule has 2 amide bonds. The quantitative estimate of drug-likeness (QED) is 0.220. The largest absolute Gasteiger partial charge is 0.456 e. The third-order valence-corrected chi connectivity index (χ3v) is 6.89. The molecule has 4 aromatic rings. The molecule has 0 bridgehead atoms. The molecular formula is C33H33N3O4. The smallest absolute Gasteiger partial charge is 0.339 e. The predicted octanol–water partition coefficient (Wildman–Crippen LogP) is 6.02. The summed E-state index contributed by atoms with van der Waals surface area (Å²) in [6.45, 7) is 7.88. The van der Waals surface area contributed by atoms with Crippen LogP contribution in [-0.2, 0) is 24.0 Å². The summed E-state index contributed by atoms with van der Waals surface area (Å²) in [5.41, 5.74) is 5.51. The number of esters is 1. The number of H-pyrrole nitrogens is 1. The number of imide groups is 1. The number of aromatic amines is 1. The van der Waals surface area contributed by atoms with Crippen LogP contribution in [0.5, 0.6) is 0 Å². The average molecular weight is 536 g/mol. The molecule has 7 heteroatoms. The van der Waals surface area contributed by atoms with Crippen LogP contribution in [0.4, 0.5) is 0 Å². The lowest BCUT2D eigenvalue weighted by atomic mass is 9.97. The summed E-state index contributed by atoms with van der Waals surface area (Å²) < 4.78 is 5.61. The maximum atomic E-state index is 12.8. The zero-order valence-electron chi connectivity index (χ0n) is 23.3. The van der Waals surface area contributed by atoms with Crippen molar-refractivity contribution in [3.05, 3.63) is 112 Å². The minimum Gasteiger partial charge on any atom is -0.456 e. The minimum atomic E-state index is -0.577. The lowest BCUT2D eigenvalue weighted by Crippen LogP contribution is -2.32. The molecule has 5 rings (SSSR count). The van der Waals surface area contributed by atoms with E-state index in [2.05, 4.69) is 4.98 Å². The van der Waals surface area contributed by atoms with E-state index in [0.717, 1.165) is 40.3 Å². The molecule has 1 aliphatic heterocycles. The second-order valence-electron chi connectivity index (χ2n) is 10.9. The molecule has 0 saturated carbocycles. The molecule has 0 saturated heterocycles. The number of aromatic nitrogens is 2. The van der Waals surface area contributed by atoms with Gasteiger partial charge in [-0.3, -0.25) is 14.5 Å². The zero-order chi connectivity index (χ0) is 28.4. The first-order valence-electron chi connectivity index (χ1n) is 13.6. The second-order valence-corrected chi connectivity index (χ2v) is 10.9. The Morgan fingerprint density at radius 3 is 2.08 bits per heavy atom. The molecule has 0 aliphatic carbocycles. The summed E-state index contributed by atoms with van der Waals surface area (Å²) in [7, 11) is 0. The van der Waals surface area contributed by atoms with Gasteiger partial charge in [-0.05, 0) is 55.7 Å². The monoisotopic (exact) mass is 535 g/mol. The maximum absolute atomic E-state index is 12.8. The van der Waals surface area contributed by atoms with Crippen molar-refractivity contribution in [1.82, 2.24) is 14.9 Å². The number of amides is 2. The number of aryl methyl sites for hydroxylation is 1. The minimum absolute atomic E-state index is 0.254. The Bertz CT molecular complexity index is 1540. The van der Waals surface area contributed by atoms with Gasteiger partial charge in [-0.1, -0.05) is 61.5 Å². The molecule has 0 atom stereocenters. The molecule has 204 valence electrons. The maximum Gasteiger partial charge on any atom is 0.339 e. The number of hydrogen-bond acceptors (Lipinski definition) is 5. The summed E-state index contributed by atoms with van der Waals surface area (Å²) in [5, 5.41) is 0. The van der Waals surface area contributed by atoms with E-state index in [-0.39, 0.29) is 24.3 Å². The van der Waals surface area contributed by atoms with Crippen molar-refractivity contribution in [3.8, 4) is 11.1 Å². The van der Waals surface area contributed by atoms with Crippen LogP contribution in [0.1, 0.15) is 81.5 Å². The molecule has 2 heterocycles. The Morgan fingerprint density at radius 1 is 0.875 bits per heavy atom. The van der Waals surface area contributed by atoms with Gasteiger partial charge in [0.15, 0.2) is 0 Å². The van der Waals surface area contributed by atoms with Crippen molar-refractivity contribution < 1.29 is 19.1 Å². The van der Waals surface area contributed by atoms with Gasteiger partial charge < -0.3 is 9.72 Å². The summed E-state index contributed by atoms with van der Waals surface area (Å²) in [6, 6.07) is 22.5. The van der Waals surface area contributed by atoms with Crippen LogP contribution >= 0.6 is 0 Å². The van der Waals surface area contributed by atoms with E-state index < -0.39 is 5.60 Å². The van der Waals surface area contributed by atoms with Crippen LogP contribution in [0.25, 0.3) is 11.1 Å². The van der Waals surface area contributed by atoms with E-state index in [1.807, 2.05) is 70.2 Å². The first-order valence-corrected chi connectivity index (χ1v) is 13.6. The van der Waals surface area contributed by atoms with Gasteiger partial charge in [0, 0.05) is 31.5 Å². The van der Waals surface area contributed by atoms with Crippen LogP contribution in [-0.4, -0.2) is 44.8 Å². The molecule has 7 nitrogen and oxygen atoms in total. The van der Waals surface area contributed by atoms with Crippen molar-refractivity contribution in [1.29, 1.82) is 0 Å². The Morgan fingerprint density at radius 2 is 1.48 bits per heavy atom. The number of benzene rings is 3. The number of carbonyl (C=O) groups is 3. The lowest BCUT2D eigenvalue weighted by Gasteiger charge is -2.20. The number of hydrogen-bond donors (Lipinski definition) is 1. The first kappa shape index (κ1) is 27.1. The van der Waals surface area contributed by atoms with Gasteiger partial charge >= 0.3 is 5.97 Å². The summed E-state index contributed by atoms with van der Waals surface area (Å²) >= 11 is 0. The number of carbonyl (C=O) groups excluding carboxylic acids is 3. The first-order chi connectivity index (χ1) is 19.1. The number of fused-ring (bicyclic) bond motifs is 1. The van der Waals surface area contributed by atoms with Crippen molar-refractivity contribution >= 4 is 17.8 Å². The summed E-state index contributed by atoms with van der Waals surface area (Å²) in [6.07, 6.45) is 1.84. The van der Waals surface area contributed by atoms with Crippen molar-refractivity contribution in [2.24, 2.45) is 0 Å². The summed E-state index contributed by atoms with van der Waals surface area (Å²) in [5.74, 6) is 0.0148. The predicted molar refractivity (Wildman–Crippen MR) is 153 cm³/mol. The highest BCUT2D eigenvalue weighted by molar-refractivity contribution is 6.21. The Kier molecular flexibility index (Phi) is 7.39. The van der Waals surface area contributed by atoms with Gasteiger partial charge in [0.25, 0.3) is 11.8 Å². The molecule has 0 radical (unpaired) electrons. The van der Waals surface area contributed by atoms with Gasteiger partial charge in [0.2, 0.25) is 0 Å². The van der Waals surface area contributed by atoms with E-state index in [0.29, 0.717) is 29.5 Å². The van der Waals surface area contributed by atoms with Crippen LogP contribution in [0.15, 0.2) is 72.8 Å². The highest BCUT2D eigenvalue weighted by Crippen LogP contribution is 2.27. The normalized spacial score (nSPS) is 13.1. The second kappa shape index (κ2) is 10.9. The van der Waals surface area contributed by atoms with Crippen LogP contribution in [0.3, 0.4) is 0 Å². The van der Waals surface area contributed by atoms with Crippen molar-refractivity contribution in [3.63, 3.8) is 0 Å². The number of imidazole rings is 1. The van der Waals surface area contributed by atoms with Crippen molar-refractivity contribution in [2.75, 3.05) is 6.54 Å². The molecular weight excluding hydrogens is 502 g/mol. The highest BCUT2D eigenvalue weighted by Gasteiger charge is 2.35. The molecule has 40 heavy (non-hydrogen) atoms. The van der Waals surface area contributed by atoms with Gasteiger partial charge in [-0.2, -0.15) is 0 Å². The highest BCUT2D eigenvalue weighted by atomic mass is 16.6. The van der Waals surface area contributed by atoms with E-state index in [1.165, 1.54) is 4.90 Å². The molecule has 0 unspecified atom stereocenters. The summed E-state index contributed by atoms with van der Waals surface area (Å²) in [4.78, 5) is 47.9. The fourth-order valence-corrected chi connectivity index (χ4v) is 4.94. The number of rotatable bonds is 8. The number of nitrogens with zero attached hydrogens (tertiary/aromatic N) is 2. The molecule has 1 N–H and O–H groups in total. The van der Waals surface area contributed by atoms with E-state index in [9.17, 15) is 14.4 Å². The third-order valence-electron chi connectivity index (χ3n) is 6.89. The van der Waals surface area contributed by atoms with Gasteiger partial charge in [0.1, 0.15) is 11.4 Å².